The zero-order chi connectivity index (χ0) is 12.2. The van der Waals surface area contributed by atoms with Crippen molar-refractivity contribution < 1.29 is 4.52 Å². The molecule has 2 heterocycles. The van der Waals surface area contributed by atoms with Gasteiger partial charge in [-0.2, -0.15) is 4.98 Å². The summed E-state index contributed by atoms with van der Waals surface area (Å²) in [6, 6.07) is 8.48. The highest BCUT2D eigenvalue weighted by atomic mass is 32.1. The van der Waals surface area contributed by atoms with E-state index in [1.165, 1.54) is 22.0 Å². The Morgan fingerprint density at radius 3 is 3.11 bits per heavy atom. The maximum absolute atomic E-state index is 4.69. The monoisotopic (exact) mass is 259 g/mol. The van der Waals surface area contributed by atoms with Gasteiger partial charge in [0, 0.05) is 24.2 Å². The van der Waals surface area contributed by atoms with Crippen LogP contribution in [0.1, 0.15) is 11.4 Å². The predicted octanol–water partition coefficient (Wildman–Crippen LogP) is 2.62. The van der Waals surface area contributed by atoms with Gasteiger partial charge in [0.2, 0.25) is 6.39 Å². The maximum Gasteiger partial charge on any atom is 0.213 e. The Morgan fingerprint density at radius 1 is 1.28 bits per heavy atom. The average Bonchev–Trinajstić information content (AvgIpc) is 3.04. The third kappa shape index (κ3) is 2.42. The molecular weight excluding hydrogens is 246 g/mol. The Morgan fingerprint density at radius 2 is 2.22 bits per heavy atom. The number of benzene rings is 1. The molecule has 5 heteroatoms. The van der Waals surface area contributed by atoms with Crippen LogP contribution in [-0.4, -0.2) is 16.7 Å². The molecule has 0 aliphatic carbocycles. The molecule has 0 saturated carbocycles. The molecule has 3 rings (SSSR count). The number of fused-ring (bicyclic) bond motifs is 1. The lowest BCUT2D eigenvalue weighted by Gasteiger charge is -2.01. The van der Waals surface area contributed by atoms with Crippen LogP contribution in [0.4, 0.5) is 0 Å². The molecule has 1 aromatic carbocycles. The Balaban J connectivity index is 1.57. The van der Waals surface area contributed by atoms with Crippen LogP contribution >= 0.6 is 11.3 Å². The fourth-order valence-corrected chi connectivity index (χ4v) is 2.86. The summed E-state index contributed by atoms with van der Waals surface area (Å²) >= 11 is 1.79. The third-order valence-electron chi connectivity index (χ3n) is 2.81. The summed E-state index contributed by atoms with van der Waals surface area (Å²) in [7, 11) is 0. The van der Waals surface area contributed by atoms with Gasteiger partial charge >= 0.3 is 0 Å². The molecular formula is C13H13N3OS. The molecule has 18 heavy (non-hydrogen) atoms. The average molecular weight is 259 g/mol. The molecule has 4 nitrogen and oxygen atoms in total. The van der Waals surface area contributed by atoms with Crippen LogP contribution in [0.2, 0.25) is 0 Å². The molecule has 0 radical (unpaired) electrons. The summed E-state index contributed by atoms with van der Waals surface area (Å²) in [4.78, 5) is 3.99. The first-order chi connectivity index (χ1) is 8.93. The van der Waals surface area contributed by atoms with Gasteiger partial charge < -0.3 is 9.84 Å². The smallest absolute Gasteiger partial charge is 0.213 e. The lowest BCUT2D eigenvalue weighted by atomic mass is 10.2. The van der Waals surface area contributed by atoms with E-state index in [0.717, 1.165) is 25.3 Å². The Labute approximate surface area is 109 Å². The minimum absolute atomic E-state index is 0.748. The van der Waals surface area contributed by atoms with Crippen molar-refractivity contribution in [3.8, 4) is 0 Å². The maximum atomic E-state index is 4.69. The molecule has 0 fully saturated rings. The molecule has 0 bridgehead atoms. The summed E-state index contributed by atoms with van der Waals surface area (Å²) in [6.07, 6.45) is 2.15. The second-order valence-electron chi connectivity index (χ2n) is 4.03. The summed E-state index contributed by atoms with van der Waals surface area (Å²) in [6.45, 7) is 1.73. The molecule has 2 aromatic heterocycles. The number of thiophene rings is 1. The lowest BCUT2D eigenvalue weighted by molar-refractivity contribution is 0.409. The van der Waals surface area contributed by atoms with Crippen LogP contribution < -0.4 is 5.32 Å². The first kappa shape index (κ1) is 11.4. The fraction of sp³-hybridized carbons (Fsp3) is 0.231. The highest BCUT2D eigenvalue weighted by Gasteiger charge is 2.03. The Kier molecular flexibility index (Phi) is 3.34. The second-order valence-corrected chi connectivity index (χ2v) is 4.94. The predicted molar refractivity (Wildman–Crippen MR) is 71.5 cm³/mol. The van der Waals surface area contributed by atoms with E-state index >= 15 is 0 Å². The minimum Gasteiger partial charge on any atom is -0.343 e. The summed E-state index contributed by atoms with van der Waals surface area (Å²) < 4.78 is 6.03. The van der Waals surface area contributed by atoms with Crippen molar-refractivity contribution in [3.63, 3.8) is 0 Å². The van der Waals surface area contributed by atoms with Gasteiger partial charge in [0.1, 0.15) is 0 Å². The molecule has 0 aliphatic rings. The number of nitrogens with one attached hydrogen (secondary N) is 1. The zero-order valence-electron chi connectivity index (χ0n) is 9.80. The largest absolute Gasteiger partial charge is 0.343 e. The van der Waals surface area contributed by atoms with Gasteiger partial charge in [0.25, 0.3) is 0 Å². The van der Waals surface area contributed by atoms with Gasteiger partial charge in [-0.15, -0.1) is 11.3 Å². The number of hydrogen-bond acceptors (Lipinski definition) is 5. The van der Waals surface area contributed by atoms with Crippen LogP contribution in [0.25, 0.3) is 10.1 Å². The van der Waals surface area contributed by atoms with Crippen molar-refractivity contribution in [3.05, 3.63) is 47.4 Å². The number of hydrogen-bond donors (Lipinski definition) is 1. The Bertz CT molecular complexity index is 618. The molecule has 0 amide bonds. The molecule has 0 aliphatic heterocycles. The Hall–Kier alpha value is -1.72. The van der Waals surface area contributed by atoms with Crippen molar-refractivity contribution in [1.82, 2.24) is 15.5 Å². The normalized spacial score (nSPS) is 11.1. The highest BCUT2D eigenvalue weighted by Crippen LogP contribution is 2.25. The van der Waals surface area contributed by atoms with E-state index in [1.54, 1.807) is 11.3 Å². The quantitative estimate of drug-likeness (QED) is 0.716. The van der Waals surface area contributed by atoms with E-state index in [0.29, 0.717) is 0 Å². The van der Waals surface area contributed by atoms with Crippen LogP contribution in [-0.2, 0) is 13.0 Å². The van der Waals surface area contributed by atoms with E-state index in [-0.39, 0.29) is 0 Å². The molecule has 0 spiro atoms. The summed E-state index contributed by atoms with van der Waals surface area (Å²) in [5, 5.41) is 10.7. The van der Waals surface area contributed by atoms with Gasteiger partial charge in [-0.05, 0) is 22.4 Å². The van der Waals surface area contributed by atoms with Gasteiger partial charge in [0.05, 0.1) is 0 Å². The minimum atomic E-state index is 0.748. The van der Waals surface area contributed by atoms with Crippen molar-refractivity contribution >= 4 is 21.4 Å². The van der Waals surface area contributed by atoms with Crippen LogP contribution in [0.15, 0.2) is 40.6 Å². The number of nitrogens with zero attached hydrogens (tertiary/aromatic N) is 2. The molecule has 1 N–H and O–H groups in total. The molecule has 0 unspecified atom stereocenters. The second kappa shape index (κ2) is 5.29. The van der Waals surface area contributed by atoms with Crippen LogP contribution in [0.5, 0.6) is 0 Å². The molecule has 3 aromatic rings. The van der Waals surface area contributed by atoms with E-state index < -0.39 is 0 Å². The van der Waals surface area contributed by atoms with E-state index in [4.69, 9.17) is 0 Å². The SMILES string of the molecule is c1ccc2c(CNCCc3ncon3)csc2c1. The van der Waals surface area contributed by atoms with Crippen LogP contribution in [0, 0.1) is 0 Å². The van der Waals surface area contributed by atoms with Gasteiger partial charge in [-0.1, -0.05) is 23.4 Å². The summed E-state index contributed by atoms with van der Waals surface area (Å²) in [5.74, 6) is 0.748. The van der Waals surface area contributed by atoms with E-state index in [9.17, 15) is 0 Å². The molecule has 92 valence electrons. The zero-order valence-corrected chi connectivity index (χ0v) is 10.6. The summed E-state index contributed by atoms with van der Waals surface area (Å²) in [5.41, 5.74) is 1.35. The highest BCUT2D eigenvalue weighted by molar-refractivity contribution is 7.17. The third-order valence-corrected chi connectivity index (χ3v) is 3.82. The standard InChI is InChI=1S/C13H13N3OS/c1-2-4-12-11(3-1)10(8-18-12)7-14-6-5-13-15-9-17-16-13/h1-4,8-9,14H,5-7H2. The van der Waals surface area contributed by atoms with Gasteiger partial charge in [-0.3, -0.25) is 0 Å². The van der Waals surface area contributed by atoms with Crippen molar-refractivity contribution in [2.75, 3.05) is 6.54 Å². The van der Waals surface area contributed by atoms with Crippen LogP contribution in [0.3, 0.4) is 0 Å². The van der Waals surface area contributed by atoms with Crippen molar-refractivity contribution in [2.45, 2.75) is 13.0 Å². The number of aromatic nitrogens is 2. The van der Waals surface area contributed by atoms with E-state index in [1.807, 2.05) is 0 Å². The van der Waals surface area contributed by atoms with Crippen molar-refractivity contribution in [1.29, 1.82) is 0 Å². The number of rotatable bonds is 5. The first-order valence-corrected chi connectivity index (χ1v) is 6.72. The fourth-order valence-electron chi connectivity index (χ4n) is 1.90. The first-order valence-electron chi connectivity index (χ1n) is 5.84. The molecule has 0 saturated heterocycles. The lowest BCUT2D eigenvalue weighted by Crippen LogP contribution is -2.16. The van der Waals surface area contributed by atoms with E-state index in [2.05, 4.69) is 49.6 Å². The van der Waals surface area contributed by atoms with Gasteiger partial charge in [0.15, 0.2) is 5.82 Å². The van der Waals surface area contributed by atoms with Crippen molar-refractivity contribution in [2.24, 2.45) is 0 Å². The van der Waals surface area contributed by atoms with Gasteiger partial charge in [-0.25, -0.2) is 0 Å². The molecule has 0 atom stereocenters. The topological polar surface area (TPSA) is 51.0 Å².